The van der Waals surface area contributed by atoms with Gasteiger partial charge < -0.3 is 11.1 Å². The van der Waals surface area contributed by atoms with Crippen LogP contribution in [0.15, 0.2) is 30.3 Å². The van der Waals surface area contributed by atoms with Crippen molar-refractivity contribution in [2.45, 2.75) is 25.4 Å². The lowest BCUT2D eigenvalue weighted by molar-refractivity contribution is -0.123. The molecule has 3 nitrogen and oxygen atoms in total. The summed E-state index contributed by atoms with van der Waals surface area (Å²) in [5, 5.41) is 2.93. The average Bonchev–Trinajstić information content (AvgIpc) is 2.36. The van der Waals surface area contributed by atoms with Gasteiger partial charge >= 0.3 is 0 Å². The quantitative estimate of drug-likeness (QED) is 0.813. The van der Waals surface area contributed by atoms with E-state index >= 15 is 0 Å². The van der Waals surface area contributed by atoms with Crippen LogP contribution < -0.4 is 11.1 Å². The van der Waals surface area contributed by atoms with Crippen LogP contribution in [0.4, 0.5) is 0 Å². The predicted octanol–water partition coefficient (Wildman–Crippen LogP) is 1.94. The Balaban J connectivity index is 2.46. The number of amides is 1. The zero-order valence-corrected chi connectivity index (χ0v) is 11.2. The number of carbonyl (C=O) groups is 1. The van der Waals surface area contributed by atoms with Crippen LogP contribution >= 0.6 is 11.8 Å². The number of hydrogen-bond acceptors (Lipinski definition) is 3. The minimum Gasteiger partial charge on any atom is -0.348 e. The SMILES string of the molecule is CSCC[C@@H](N)C(=O)N[C@@H](C)c1ccccc1. The Hall–Kier alpha value is -1.00. The van der Waals surface area contributed by atoms with Gasteiger partial charge in [0.05, 0.1) is 12.1 Å². The van der Waals surface area contributed by atoms with Crippen molar-refractivity contribution in [3.8, 4) is 0 Å². The van der Waals surface area contributed by atoms with E-state index in [2.05, 4.69) is 5.32 Å². The van der Waals surface area contributed by atoms with Crippen molar-refractivity contribution < 1.29 is 4.79 Å². The molecular formula is C13H20N2OS. The second kappa shape index (κ2) is 7.35. The molecule has 1 amide bonds. The highest BCUT2D eigenvalue weighted by atomic mass is 32.2. The molecule has 0 saturated carbocycles. The number of carbonyl (C=O) groups excluding carboxylic acids is 1. The molecule has 0 aliphatic carbocycles. The van der Waals surface area contributed by atoms with E-state index in [4.69, 9.17) is 5.73 Å². The minimum atomic E-state index is -0.409. The highest BCUT2D eigenvalue weighted by Gasteiger charge is 2.15. The number of benzene rings is 1. The summed E-state index contributed by atoms with van der Waals surface area (Å²) in [6.45, 7) is 1.97. The van der Waals surface area contributed by atoms with Crippen LogP contribution in [0.1, 0.15) is 24.9 Å². The summed E-state index contributed by atoms with van der Waals surface area (Å²) in [6.07, 6.45) is 2.73. The summed E-state index contributed by atoms with van der Waals surface area (Å²) in [5.74, 6) is 0.837. The first-order valence-electron chi connectivity index (χ1n) is 5.75. The van der Waals surface area contributed by atoms with Gasteiger partial charge in [-0.25, -0.2) is 0 Å². The van der Waals surface area contributed by atoms with Crippen molar-refractivity contribution in [1.82, 2.24) is 5.32 Å². The largest absolute Gasteiger partial charge is 0.348 e. The Labute approximate surface area is 107 Å². The summed E-state index contributed by atoms with van der Waals surface area (Å²) in [5.41, 5.74) is 6.90. The summed E-state index contributed by atoms with van der Waals surface area (Å²) in [6, 6.07) is 9.48. The van der Waals surface area contributed by atoms with E-state index in [9.17, 15) is 4.79 Å². The summed E-state index contributed by atoms with van der Waals surface area (Å²) < 4.78 is 0. The van der Waals surface area contributed by atoms with Crippen LogP contribution in [-0.2, 0) is 4.79 Å². The minimum absolute atomic E-state index is 0.00373. The van der Waals surface area contributed by atoms with Crippen LogP contribution in [0, 0.1) is 0 Å². The number of rotatable bonds is 6. The van der Waals surface area contributed by atoms with Crippen LogP contribution in [0.2, 0.25) is 0 Å². The molecule has 1 rings (SSSR count). The molecule has 0 aliphatic rings. The van der Waals surface area contributed by atoms with Gasteiger partial charge in [-0.05, 0) is 30.9 Å². The molecule has 0 unspecified atom stereocenters. The van der Waals surface area contributed by atoms with Gasteiger partial charge in [-0.15, -0.1) is 0 Å². The Morgan fingerprint density at radius 1 is 1.41 bits per heavy atom. The van der Waals surface area contributed by atoms with Gasteiger partial charge in [-0.2, -0.15) is 11.8 Å². The maximum absolute atomic E-state index is 11.8. The van der Waals surface area contributed by atoms with Crippen LogP contribution in [0.3, 0.4) is 0 Å². The van der Waals surface area contributed by atoms with E-state index < -0.39 is 6.04 Å². The maximum Gasteiger partial charge on any atom is 0.237 e. The smallest absolute Gasteiger partial charge is 0.237 e. The van der Waals surface area contributed by atoms with Crippen LogP contribution in [0.25, 0.3) is 0 Å². The highest BCUT2D eigenvalue weighted by molar-refractivity contribution is 7.98. The fraction of sp³-hybridized carbons (Fsp3) is 0.462. The first-order valence-corrected chi connectivity index (χ1v) is 7.14. The van der Waals surface area contributed by atoms with Crippen molar-refractivity contribution in [2.24, 2.45) is 5.73 Å². The third kappa shape index (κ3) is 4.79. The molecule has 0 fully saturated rings. The zero-order valence-electron chi connectivity index (χ0n) is 10.3. The molecule has 1 aromatic rings. The number of hydrogen-bond donors (Lipinski definition) is 2. The molecule has 0 heterocycles. The molecule has 0 radical (unpaired) electrons. The van der Waals surface area contributed by atoms with Gasteiger partial charge in [0.2, 0.25) is 5.91 Å². The molecule has 94 valence electrons. The van der Waals surface area contributed by atoms with Crippen molar-refractivity contribution in [1.29, 1.82) is 0 Å². The van der Waals surface area contributed by atoms with Crippen molar-refractivity contribution in [2.75, 3.05) is 12.0 Å². The lowest BCUT2D eigenvalue weighted by Crippen LogP contribution is -2.41. The lowest BCUT2D eigenvalue weighted by atomic mass is 10.1. The highest BCUT2D eigenvalue weighted by Crippen LogP contribution is 2.11. The Morgan fingerprint density at radius 3 is 2.65 bits per heavy atom. The molecule has 4 heteroatoms. The molecule has 1 aromatic carbocycles. The first-order chi connectivity index (χ1) is 8.15. The monoisotopic (exact) mass is 252 g/mol. The Morgan fingerprint density at radius 2 is 2.06 bits per heavy atom. The Kier molecular flexibility index (Phi) is 6.08. The zero-order chi connectivity index (χ0) is 12.7. The van der Waals surface area contributed by atoms with Gasteiger partial charge in [-0.3, -0.25) is 4.79 Å². The lowest BCUT2D eigenvalue weighted by Gasteiger charge is -2.17. The predicted molar refractivity (Wildman–Crippen MR) is 74.0 cm³/mol. The van der Waals surface area contributed by atoms with Gasteiger partial charge in [0.15, 0.2) is 0 Å². The molecule has 0 spiro atoms. The third-order valence-electron chi connectivity index (χ3n) is 2.63. The molecule has 3 N–H and O–H groups in total. The van der Waals surface area contributed by atoms with Gasteiger partial charge in [0.25, 0.3) is 0 Å². The average molecular weight is 252 g/mol. The van der Waals surface area contributed by atoms with Crippen molar-refractivity contribution in [3.63, 3.8) is 0 Å². The van der Waals surface area contributed by atoms with Crippen molar-refractivity contribution in [3.05, 3.63) is 35.9 Å². The normalized spacial score (nSPS) is 14.1. The van der Waals surface area contributed by atoms with Gasteiger partial charge in [-0.1, -0.05) is 30.3 Å². The summed E-state index contributed by atoms with van der Waals surface area (Å²) >= 11 is 1.70. The molecule has 0 bridgehead atoms. The van der Waals surface area contributed by atoms with E-state index in [0.29, 0.717) is 6.42 Å². The van der Waals surface area contributed by atoms with E-state index in [1.165, 1.54) is 0 Å². The molecule has 0 aromatic heterocycles. The van der Waals surface area contributed by atoms with Crippen LogP contribution in [0.5, 0.6) is 0 Å². The number of thioether (sulfide) groups is 1. The van der Waals surface area contributed by atoms with E-state index in [-0.39, 0.29) is 11.9 Å². The molecule has 0 saturated heterocycles. The van der Waals surface area contributed by atoms with E-state index in [1.54, 1.807) is 11.8 Å². The third-order valence-corrected chi connectivity index (χ3v) is 3.27. The molecule has 0 aliphatic heterocycles. The molecular weight excluding hydrogens is 232 g/mol. The van der Waals surface area contributed by atoms with Crippen molar-refractivity contribution >= 4 is 17.7 Å². The standard InChI is InChI=1S/C13H20N2OS/c1-10(11-6-4-3-5-7-11)15-13(16)12(14)8-9-17-2/h3-7,10,12H,8-9,14H2,1-2H3,(H,15,16)/t10-,12+/m0/s1. The molecule has 17 heavy (non-hydrogen) atoms. The summed E-state index contributed by atoms with van der Waals surface area (Å²) in [4.78, 5) is 11.8. The number of nitrogens with one attached hydrogen (secondary N) is 1. The Bertz CT molecular complexity index is 343. The van der Waals surface area contributed by atoms with Gasteiger partial charge in [0, 0.05) is 0 Å². The molecule has 2 atom stereocenters. The van der Waals surface area contributed by atoms with E-state index in [0.717, 1.165) is 11.3 Å². The maximum atomic E-state index is 11.8. The second-order valence-electron chi connectivity index (χ2n) is 4.03. The topological polar surface area (TPSA) is 55.1 Å². The fourth-order valence-electron chi connectivity index (χ4n) is 1.52. The van der Waals surface area contributed by atoms with Crippen LogP contribution in [-0.4, -0.2) is 24.0 Å². The van der Waals surface area contributed by atoms with E-state index in [1.807, 2.05) is 43.5 Å². The summed E-state index contributed by atoms with van der Waals surface area (Å²) in [7, 11) is 0. The van der Waals surface area contributed by atoms with Gasteiger partial charge in [0.1, 0.15) is 0 Å². The first kappa shape index (κ1) is 14.1. The second-order valence-corrected chi connectivity index (χ2v) is 5.01. The fourth-order valence-corrected chi connectivity index (χ4v) is 2.01. The number of nitrogens with two attached hydrogens (primary N) is 1.